The van der Waals surface area contributed by atoms with E-state index in [9.17, 15) is 19.1 Å². The quantitative estimate of drug-likeness (QED) is 0.558. The van der Waals surface area contributed by atoms with Gasteiger partial charge in [-0.2, -0.15) is 0 Å². The van der Waals surface area contributed by atoms with E-state index in [4.69, 9.17) is 4.74 Å². The largest absolute Gasteiger partial charge is 0.450 e. The number of rotatable bonds is 6. The Morgan fingerprint density at radius 1 is 1.19 bits per heavy atom. The Morgan fingerprint density at radius 2 is 2.05 bits per heavy atom. The number of nitrogens with one attached hydrogen (secondary N) is 1. The number of Topliss-reactive ketones (excluding diaryl/α,β-unsaturated/α-hetero) is 1. The van der Waals surface area contributed by atoms with Crippen LogP contribution in [-0.2, 0) is 9.53 Å². The van der Waals surface area contributed by atoms with Crippen molar-refractivity contribution in [3.05, 3.63) is 60.2 Å². The third-order valence-corrected chi connectivity index (χ3v) is 8.70. The van der Waals surface area contributed by atoms with E-state index in [1.165, 1.54) is 12.1 Å². The molecule has 5 rings (SSSR count). The van der Waals surface area contributed by atoms with Gasteiger partial charge in [-0.3, -0.25) is 9.78 Å². The van der Waals surface area contributed by atoms with E-state index < -0.39 is 0 Å². The zero-order valence-corrected chi connectivity index (χ0v) is 21.2. The maximum Gasteiger partial charge on any atom is 0.407 e. The van der Waals surface area contributed by atoms with Crippen molar-refractivity contribution >= 4 is 18.0 Å². The lowest BCUT2D eigenvalue weighted by Crippen LogP contribution is -2.47. The molecule has 0 bridgehead atoms. The van der Waals surface area contributed by atoms with Crippen molar-refractivity contribution in [3.63, 3.8) is 0 Å². The third kappa shape index (κ3) is 5.47. The molecule has 1 aromatic carbocycles. The Labute approximate surface area is 217 Å². The van der Waals surface area contributed by atoms with Crippen LogP contribution in [0.4, 0.5) is 9.18 Å². The van der Waals surface area contributed by atoms with E-state index in [0.29, 0.717) is 24.9 Å². The van der Waals surface area contributed by atoms with Gasteiger partial charge in [0.25, 0.3) is 0 Å². The summed E-state index contributed by atoms with van der Waals surface area (Å²) in [6.07, 6.45) is 9.83. The Hall–Kier alpha value is -3.06. The summed E-state index contributed by atoms with van der Waals surface area (Å²) in [4.78, 5) is 29.4. The number of hydrogen-bond donors (Lipinski definition) is 2. The summed E-state index contributed by atoms with van der Waals surface area (Å²) in [7, 11) is 0. The Bertz CT molecular complexity index is 1150. The van der Waals surface area contributed by atoms with Crippen molar-refractivity contribution in [2.45, 2.75) is 45.1 Å². The number of amides is 1. The number of allylic oxidation sites excluding steroid dienone is 1. The molecular weight excluding hydrogens is 471 g/mol. The highest BCUT2D eigenvalue weighted by Gasteiger charge is 2.53. The molecule has 0 saturated heterocycles. The first-order chi connectivity index (χ1) is 18.0. The monoisotopic (exact) mass is 506 g/mol. The Kier molecular flexibility index (Phi) is 7.70. The van der Waals surface area contributed by atoms with Gasteiger partial charge < -0.3 is 15.2 Å². The number of benzene rings is 1. The van der Waals surface area contributed by atoms with Gasteiger partial charge in [-0.1, -0.05) is 24.3 Å². The first kappa shape index (κ1) is 25.6. The van der Waals surface area contributed by atoms with E-state index in [1.807, 2.05) is 24.3 Å². The van der Waals surface area contributed by atoms with E-state index >= 15 is 0 Å². The zero-order valence-electron chi connectivity index (χ0n) is 21.2. The normalized spacial score (nSPS) is 31.1. The highest BCUT2D eigenvalue weighted by molar-refractivity contribution is 5.84. The number of carbonyl (C=O) groups excluding carboxylic acids is 2. The van der Waals surface area contributed by atoms with Gasteiger partial charge in [-0.25, -0.2) is 9.18 Å². The van der Waals surface area contributed by atoms with Crippen LogP contribution in [0.1, 0.15) is 44.7 Å². The van der Waals surface area contributed by atoms with Crippen molar-refractivity contribution in [2.24, 2.45) is 35.5 Å². The number of aliphatic hydroxyl groups is 1. The summed E-state index contributed by atoms with van der Waals surface area (Å²) >= 11 is 0. The second-order valence-corrected chi connectivity index (χ2v) is 10.7. The van der Waals surface area contributed by atoms with Crippen LogP contribution < -0.4 is 5.32 Å². The molecule has 37 heavy (non-hydrogen) atoms. The summed E-state index contributed by atoms with van der Waals surface area (Å²) in [6, 6.07) is 10.4. The first-order valence-corrected chi connectivity index (χ1v) is 13.4. The molecule has 6 nitrogen and oxygen atoms in total. The molecule has 3 saturated carbocycles. The van der Waals surface area contributed by atoms with Gasteiger partial charge in [0.15, 0.2) is 0 Å². The van der Waals surface area contributed by atoms with Crippen molar-refractivity contribution in [2.75, 3.05) is 13.2 Å². The molecule has 1 aromatic heterocycles. The average molecular weight is 507 g/mol. The number of aliphatic hydroxyl groups excluding tert-OH is 1. The summed E-state index contributed by atoms with van der Waals surface area (Å²) < 4.78 is 18.7. The van der Waals surface area contributed by atoms with Crippen molar-refractivity contribution in [1.82, 2.24) is 10.3 Å². The minimum Gasteiger partial charge on any atom is -0.450 e. The number of alkyl carbamates (subject to hydrolysis) is 1. The number of ketones is 1. The van der Waals surface area contributed by atoms with Gasteiger partial charge >= 0.3 is 6.09 Å². The molecule has 7 atom stereocenters. The fourth-order valence-corrected chi connectivity index (χ4v) is 7.17. The number of carbonyl (C=O) groups is 2. The number of aromatic nitrogens is 1. The Balaban J connectivity index is 1.35. The molecule has 2 aromatic rings. The summed E-state index contributed by atoms with van der Waals surface area (Å²) in [5.41, 5.74) is 2.44. The predicted octanol–water partition coefficient (Wildman–Crippen LogP) is 5.27. The first-order valence-electron chi connectivity index (χ1n) is 13.4. The molecule has 0 spiro atoms. The average Bonchev–Trinajstić information content (AvgIpc) is 3.21. The number of nitrogens with zero attached hydrogens (tertiary/aromatic N) is 1. The maximum absolute atomic E-state index is 13.6. The van der Waals surface area contributed by atoms with Crippen LogP contribution in [-0.4, -0.2) is 41.2 Å². The number of pyridine rings is 1. The van der Waals surface area contributed by atoms with Crippen LogP contribution in [0.15, 0.2) is 48.7 Å². The lowest BCUT2D eigenvalue weighted by atomic mass is 9.56. The van der Waals surface area contributed by atoms with Gasteiger partial charge in [0.1, 0.15) is 11.6 Å². The van der Waals surface area contributed by atoms with Crippen molar-refractivity contribution in [3.8, 4) is 11.1 Å². The van der Waals surface area contributed by atoms with Crippen LogP contribution in [0, 0.1) is 41.3 Å². The van der Waals surface area contributed by atoms with Crippen LogP contribution in [0.25, 0.3) is 17.2 Å². The van der Waals surface area contributed by atoms with E-state index in [1.54, 1.807) is 19.2 Å². The van der Waals surface area contributed by atoms with Gasteiger partial charge in [0, 0.05) is 30.1 Å². The van der Waals surface area contributed by atoms with Gasteiger partial charge in [0.2, 0.25) is 0 Å². The lowest BCUT2D eigenvalue weighted by Gasteiger charge is -2.49. The minimum absolute atomic E-state index is 0.0873. The van der Waals surface area contributed by atoms with Gasteiger partial charge in [-0.15, -0.1) is 0 Å². The summed E-state index contributed by atoms with van der Waals surface area (Å²) in [5, 5.41) is 13.1. The SMILES string of the molecule is CCOC(=O)N[C@@H]1CC[C@@H]2[C@@H](C1)C[C@H]1CC(=O)[C@H](CO)[C@H]1[C@H]2/C=C/c1ccc(-c2cccc(F)c2)cn1. The number of fused-ring (bicyclic) bond motifs is 2. The van der Waals surface area contributed by atoms with Crippen LogP contribution in [0.5, 0.6) is 0 Å². The standard InChI is InChI=1S/C30H35FN2O4/c1-2-37-30(36)33-24-9-10-25-20(14-24)12-21-15-28(35)27(17-34)29(21)26(25)11-8-23-7-6-19(16-32-23)18-4-3-5-22(31)13-18/h3-8,11,13,16,20-21,24-27,29,34H,2,9-10,12,14-15,17H2,1H3,(H,33,36)/b11-8+/t20-,21+,24-,25-,26+,27+,29-/m1/s1. The highest BCUT2D eigenvalue weighted by atomic mass is 19.1. The summed E-state index contributed by atoms with van der Waals surface area (Å²) in [6.45, 7) is 2.05. The van der Waals surface area contributed by atoms with Gasteiger partial charge in [-0.05, 0) is 92.0 Å². The number of ether oxygens (including phenoxy) is 1. The molecule has 3 fully saturated rings. The predicted molar refractivity (Wildman–Crippen MR) is 139 cm³/mol. The second kappa shape index (κ2) is 11.1. The van der Waals surface area contributed by atoms with Crippen LogP contribution in [0.2, 0.25) is 0 Å². The molecule has 0 aliphatic heterocycles. The molecule has 1 heterocycles. The van der Waals surface area contributed by atoms with Crippen molar-refractivity contribution in [1.29, 1.82) is 0 Å². The zero-order chi connectivity index (χ0) is 25.9. The topological polar surface area (TPSA) is 88.5 Å². The lowest BCUT2D eigenvalue weighted by molar-refractivity contribution is -0.122. The molecule has 0 unspecified atom stereocenters. The van der Waals surface area contributed by atoms with Crippen LogP contribution >= 0.6 is 0 Å². The molecule has 196 valence electrons. The molecule has 7 heteroatoms. The van der Waals surface area contributed by atoms with Crippen molar-refractivity contribution < 1.29 is 23.8 Å². The third-order valence-electron chi connectivity index (χ3n) is 8.70. The highest BCUT2D eigenvalue weighted by Crippen LogP contribution is 2.55. The molecular formula is C30H35FN2O4. The fourth-order valence-electron chi connectivity index (χ4n) is 7.17. The number of hydrogen-bond acceptors (Lipinski definition) is 5. The van der Waals surface area contributed by atoms with E-state index in [0.717, 1.165) is 42.5 Å². The van der Waals surface area contributed by atoms with Gasteiger partial charge in [0.05, 0.1) is 18.9 Å². The molecule has 3 aliphatic carbocycles. The second-order valence-electron chi connectivity index (χ2n) is 10.7. The molecule has 1 amide bonds. The number of halogens is 1. The summed E-state index contributed by atoms with van der Waals surface area (Å²) in [5.74, 6) is 0.948. The molecule has 0 radical (unpaired) electrons. The Morgan fingerprint density at radius 3 is 2.78 bits per heavy atom. The van der Waals surface area contributed by atoms with E-state index in [2.05, 4.69) is 16.4 Å². The maximum atomic E-state index is 13.6. The molecule has 3 aliphatic rings. The minimum atomic E-state index is -0.361. The fraction of sp³-hybridized carbons (Fsp3) is 0.500. The molecule has 2 N–H and O–H groups in total. The van der Waals surface area contributed by atoms with E-state index in [-0.39, 0.29) is 54.0 Å². The smallest absolute Gasteiger partial charge is 0.407 e. The van der Waals surface area contributed by atoms with Crippen LogP contribution in [0.3, 0.4) is 0 Å².